The molecule has 0 aliphatic rings. The van der Waals surface area contributed by atoms with Gasteiger partial charge in [-0.05, 0) is 39.2 Å². The summed E-state index contributed by atoms with van der Waals surface area (Å²) in [4.78, 5) is 13.8. The van der Waals surface area contributed by atoms with Crippen LogP contribution in [0.15, 0.2) is 22.7 Å². The molecule has 0 aliphatic heterocycles. The average molecular weight is 350 g/mol. The highest BCUT2D eigenvalue weighted by molar-refractivity contribution is 9.10. The predicted octanol–water partition coefficient (Wildman–Crippen LogP) is 2.14. The van der Waals surface area contributed by atoms with Gasteiger partial charge in [0.05, 0.1) is 16.2 Å². The molecule has 4 nitrogen and oxygen atoms in total. The van der Waals surface area contributed by atoms with Crippen molar-refractivity contribution in [3.05, 3.63) is 33.3 Å². The van der Waals surface area contributed by atoms with Crippen molar-refractivity contribution in [1.82, 2.24) is 10.2 Å². The number of aliphatic hydroxyl groups is 1. The lowest BCUT2D eigenvalue weighted by Gasteiger charge is -2.27. The van der Waals surface area contributed by atoms with E-state index in [4.69, 9.17) is 11.6 Å². The number of nitrogens with zero attached hydrogens (tertiary/aromatic N) is 1. The second kappa shape index (κ2) is 6.70. The van der Waals surface area contributed by atoms with E-state index in [1.807, 2.05) is 19.0 Å². The van der Waals surface area contributed by atoms with Crippen LogP contribution in [0.2, 0.25) is 5.02 Å². The van der Waals surface area contributed by atoms with Gasteiger partial charge in [0.1, 0.15) is 0 Å². The van der Waals surface area contributed by atoms with E-state index in [1.54, 1.807) is 25.1 Å². The third-order valence-corrected chi connectivity index (χ3v) is 3.27. The Morgan fingerprint density at radius 2 is 2.16 bits per heavy atom. The number of nitrogens with one attached hydrogen (secondary N) is 1. The van der Waals surface area contributed by atoms with Crippen LogP contribution >= 0.6 is 27.5 Å². The zero-order chi connectivity index (χ0) is 14.6. The van der Waals surface area contributed by atoms with E-state index < -0.39 is 5.60 Å². The summed E-state index contributed by atoms with van der Waals surface area (Å²) in [6, 6.07) is 5.05. The van der Waals surface area contributed by atoms with Crippen molar-refractivity contribution in [2.45, 2.75) is 12.5 Å². The summed E-state index contributed by atoms with van der Waals surface area (Å²) in [6.45, 7) is 2.30. The van der Waals surface area contributed by atoms with Crippen LogP contribution in [0.25, 0.3) is 0 Å². The van der Waals surface area contributed by atoms with Crippen molar-refractivity contribution in [2.24, 2.45) is 0 Å². The number of amides is 1. The maximum Gasteiger partial charge on any atom is 0.252 e. The SMILES string of the molecule is CN(C)CC(C)(O)CNC(=O)c1ccc(Br)cc1Cl. The van der Waals surface area contributed by atoms with Gasteiger partial charge in [-0.2, -0.15) is 0 Å². The molecule has 0 bridgehead atoms. The summed E-state index contributed by atoms with van der Waals surface area (Å²) in [5.41, 5.74) is -0.591. The third-order valence-electron chi connectivity index (χ3n) is 2.46. The van der Waals surface area contributed by atoms with E-state index in [9.17, 15) is 9.90 Å². The molecule has 0 radical (unpaired) electrons. The monoisotopic (exact) mass is 348 g/mol. The van der Waals surface area contributed by atoms with Crippen LogP contribution in [0.1, 0.15) is 17.3 Å². The molecule has 2 N–H and O–H groups in total. The van der Waals surface area contributed by atoms with Crippen LogP contribution < -0.4 is 5.32 Å². The van der Waals surface area contributed by atoms with Crippen LogP contribution in [-0.4, -0.2) is 48.7 Å². The van der Waals surface area contributed by atoms with Gasteiger partial charge in [0, 0.05) is 17.6 Å². The van der Waals surface area contributed by atoms with E-state index in [1.165, 1.54) is 0 Å². The zero-order valence-corrected chi connectivity index (χ0v) is 13.5. The van der Waals surface area contributed by atoms with E-state index in [-0.39, 0.29) is 12.5 Å². The summed E-state index contributed by atoms with van der Waals surface area (Å²) in [5.74, 6) is -0.295. The Labute approximate surface area is 126 Å². The summed E-state index contributed by atoms with van der Waals surface area (Å²) < 4.78 is 0.814. The first kappa shape index (κ1) is 16.4. The lowest BCUT2D eigenvalue weighted by atomic mass is 10.1. The second-order valence-electron chi connectivity index (χ2n) is 5.04. The number of hydrogen-bond donors (Lipinski definition) is 2. The smallest absolute Gasteiger partial charge is 0.252 e. The van der Waals surface area contributed by atoms with Crippen molar-refractivity contribution in [1.29, 1.82) is 0 Å². The van der Waals surface area contributed by atoms with Crippen LogP contribution in [0.3, 0.4) is 0 Å². The van der Waals surface area contributed by atoms with E-state index in [2.05, 4.69) is 21.2 Å². The van der Waals surface area contributed by atoms with Crippen molar-refractivity contribution in [3.63, 3.8) is 0 Å². The molecule has 6 heteroatoms. The maximum atomic E-state index is 12.0. The lowest BCUT2D eigenvalue weighted by Crippen LogP contribution is -2.47. The predicted molar refractivity (Wildman–Crippen MR) is 80.7 cm³/mol. The molecule has 0 aliphatic carbocycles. The molecule has 1 aromatic rings. The Balaban J connectivity index is 2.65. The van der Waals surface area contributed by atoms with Crippen molar-refractivity contribution in [3.8, 4) is 0 Å². The first-order valence-electron chi connectivity index (χ1n) is 5.82. The maximum absolute atomic E-state index is 12.0. The molecule has 0 saturated heterocycles. The van der Waals surface area contributed by atoms with Gasteiger partial charge in [-0.15, -0.1) is 0 Å². The molecule has 1 unspecified atom stereocenters. The Bertz CT molecular complexity index is 464. The molecule has 0 aromatic heterocycles. The molecule has 1 rings (SSSR count). The molecule has 0 saturated carbocycles. The number of rotatable bonds is 5. The molecule has 0 heterocycles. The average Bonchev–Trinajstić information content (AvgIpc) is 2.24. The zero-order valence-electron chi connectivity index (χ0n) is 11.2. The minimum Gasteiger partial charge on any atom is -0.387 e. The number of carbonyl (C=O) groups is 1. The second-order valence-corrected chi connectivity index (χ2v) is 6.36. The fraction of sp³-hybridized carbons (Fsp3) is 0.462. The minimum atomic E-state index is -0.985. The van der Waals surface area contributed by atoms with Crippen LogP contribution in [-0.2, 0) is 0 Å². The van der Waals surface area contributed by atoms with Gasteiger partial charge >= 0.3 is 0 Å². The van der Waals surface area contributed by atoms with Gasteiger partial charge in [-0.3, -0.25) is 4.79 Å². The fourth-order valence-corrected chi connectivity index (χ4v) is 2.54. The largest absolute Gasteiger partial charge is 0.387 e. The summed E-state index contributed by atoms with van der Waals surface area (Å²) in [6.07, 6.45) is 0. The highest BCUT2D eigenvalue weighted by atomic mass is 79.9. The fourth-order valence-electron chi connectivity index (χ4n) is 1.78. The molecular formula is C13H18BrClN2O2. The van der Waals surface area contributed by atoms with Crippen molar-refractivity contribution >= 4 is 33.4 Å². The van der Waals surface area contributed by atoms with Crippen molar-refractivity contribution < 1.29 is 9.90 Å². The molecule has 106 valence electrons. The van der Waals surface area contributed by atoms with Gasteiger partial charge < -0.3 is 15.3 Å². The quantitative estimate of drug-likeness (QED) is 0.856. The van der Waals surface area contributed by atoms with Crippen LogP contribution in [0.4, 0.5) is 0 Å². The van der Waals surface area contributed by atoms with Gasteiger partial charge in [0.15, 0.2) is 0 Å². The molecule has 0 spiro atoms. The Kier molecular flexibility index (Phi) is 5.80. The normalized spacial score (nSPS) is 14.3. The van der Waals surface area contributed by atoms with Crippen LogP contribution in [0.5, 0.6) is 0 Å². The first-order chi connectivity index (χ1) is 8.71. The topological polar surface area (TPSA) is 52.6 Å². The van der Waals surface area contributed by atoms with Gasteiger partial charge in [-0.25, -0.2) is 0 Å². The number of likely N-dealkylation sites (N-methyl/N-ethyl adjacent to an activating group) is 1. The summed E-state index contributed by atoms with van der Waals surface area (Å²) >= 11 is 9.28. The van der Waals surface area contributed by atoms with Gasteiger partial charge in [-0.1, -0.05) is 27.5 Å². The molecule has 1 amide bonds. The Morgan fingerprint density at radius 3 is 2.68 bits per heavy atom. The Morgan fingerprint density at radius 1 is 1.53 bits per heavy atom. The summed E-state index contributed by atoms with van der Waals surface area (Å²) in [7, 11) is 3.73. The van der Waals surface area contributed by atoms with Gasteiger partial charge in [0.25, 0.3) is 5.91 Å². The molecule has 1 atom stereocenters. The van der Waals surface area contributed by atoms with E-state index in [0.717, 1.165) is 4.47 Å². The molecule has 19 heavy (non-hydrogen) atoms. The van der Waals surface area contributed by atoms with Crippen LogP contribution in [0, 0.1) is 0 Å². The molecule has 0 fully saturated rings. The number of carbonyl (C=O) groups excluding carboxylic acids is 1. The first-order valence-corrected chi connectivity index (χ1v) is 6.99. The minimum absolute atomic E-state index is 0.163. The standard InChI is InChI=1S/C13H18BrClN2O2/c1-13(19,8-17(2)3)7-16-12(18)10-5-4-9(14)6-11(10)15/h4-6,19H,7-8H2,1-3H3,(H,16,18). The van der Waals surface area contributed by atoms with E-state index >= 15 is 0 Å². The number of hydrogen-bond acceptors (Lipinski definition) is 3. The highest BCUT2D eigenvalue weighted by Crippen LogP contribution is 2.21. The number of halogens is 2. The third kappa shape index (κ3) is 5.48. The molecular weight excluding hydrogens is 332 g/mol. The number of benzene rings is 1. The van der Waals surface area contributed by atoms with E-state index in [0.29, 0.717) is 17.1 Å². The van der Waals surface area contributed by atoms with Crippen molar-refractivity contribution in [2.75, 3.05) is 27.2 Å². The summed E-state index contributed by atoms with van der Waals surface area (Å²) in [5, 5.41) is 13.2. The van der Waals surface area contributed by atoms with Gasteiger partial charge in [0.2, 0.25) is 0 Å². The molecule has 1 aromatic carbocycles. The Hall–Kier alpha value is -0.620. The lowest BCUT2D eigenvalue weighted by molar-refractivity contribution is 0.0326. The highest BCUT2D eigenvalue weighted by Gasteiger charge is 2.22.